The molecule has 0 aliphatic heterocycles. The van der Waals surface area contributed by atoms with Crippen LogP contribution in [-0.2, 0) is 30.6 Å². The molecule has 0 aliphatic carbocycles. The van der Waals surface area contributed by atoms with Crippen molar-refractivity contribution in [2.24, 2.45) is 0 Å². The number of anilines is 1. The van der Waals surface area contributed by atoms with Crippen LogP contribution >= 0.6 is 11.3 Å². The zero-order chi connectivity index (χ0) is 18.7. The predicted molar refractivity (Wildman–Crippen MR) is 107 cm³/mol. The number of nitrogens with one attached hydrogen (secondary N) is 1. The van der Waals surface area contributed by atoms with Crippen LogP contribution in [0.3, 0.4) is 0 Å². The highest BCUT2D eigenvalue weighted by Crippen LogP contribution is 2.23. The van der Waals surface area contributed by atoms with Crippen molar-refractivity contribution < 1.29 is 4.79 Å². The Morgan fingerprint density at radius 1 is 1.15 bits per heavy atom. The van der Waals surface area contributed by atoms with Gasteiger partial charge < -0.3 is 5.32 Å². The minimum atomic E-state index is -0.213. The van der Waals surface area contributed by atoms with Gasteiger partial charge in [-0.2, -0.15) is 0 Å². The lowest BCUT2D eigenvalue weighted by Crippen LogP contribution is -2.28. The van der Waals surface area contributed by atoms with Crippen molar-refractivity contribution in [3.63, 3.8) is 0 Å². The second-order valence-electron chi connectivity index (χ2n) is 6.17. The number of carbonyl (C=O) groups excluding carboxylic acids is 1. The molecule has 2 heterocycles. The van der Waals surface area contributed by atoms with Crippen LogP contribution in [0.5, 0.6) is 0 Å². The number of thiophene rings is 1. The summed E-state index contributed by atoms with van der Waals surface area (Å²) in [6.45, 7) is 6.14. The van der Waals surface area contributed by atoms with Crippen molar-refractivity contribution in [1.29, 1.82) is 0 Å². The van der Waals surface area contributed by atoms with Crippen molar-refractivity contribution in [1.82, 2.24) is 9.55 Å². The maximum atomic E-state index is 12.6. The molecule has 0 aliphatic rings. The molecule has 5 nitrogen and oxygen atoms in total. The summed E-state index contributed by atoms with van der Waals surface area (Å²) >= 11 is 1.53. The number of carbonyl (C=O) groups is 1. The first kappa shape index (κ1) is 18.3. The minimum absolute atomic E-state index is 0.0414. The molecule has 3 rings (SSSR count). The van der Waals surface area contributed by atoms with Crippen molar-refractivity contribution in [2.75, 3.05) is 5.32 Å². The molecular formula is C20H23N3O2S. The van der Waals surface area contributed by atoms with Gasteiger partial charge in [-0.25, -0.2) is 4.98 Å². The van der Waals surface area contributed by atoms with E-state index in [-0.39, 0.29) is 18.0 Å². The normalized spacial score (nSPS) is 11.0. The van der Waals surface area contributed by atoms with Crippen molar-refractivity contribution in [3.05, 3.63) is 57.0 Å². The topological polar surface area (TPSA) is 64.0 Å². The maximum absolute atomic E-state index is 12.6. The van der Waals surface area contributed by atoms with E-state index in [9.17, 15) is 9.59 Å². The van der Waals surface area contributed by atoms with Gasteiger partial charge in [-0.05, 0) is 36.5 Å². The first-order chi connectivity index (χ1) is 12.6. The number of aromatic nitrogens is 2. The van der Waals surface area contributed by atoms with Gasteiger partial charge in [-0.1, -0.05) is 39.0 Å². The summed E-state index contributed by atoms with van der Waals surface area (Å²) in [5, 5.41) is 3.59. The smallest absolute Gasteiger partial charge is 0.262 e. The summed E-state index contributed by atoms with van der Waals surface area (Å²) in [5.74, 6) is -0.213. The van der Waals surface area contributed by atoms with E-state index in [1.165, 1.54) is 22.2 Å². The molecule has 1 amide bonds. The van der Waals surface area contributed by atoms with E-state index in [4.69, 9.17) is 0 Å². The summed E-state index contributed by atoms with van der Waals surface area (Å²) in [6, 6.07) is 7.93. The van der Waals surface area contributed by atoms with Crippen LogP contribution in [0.2, 0.25) is 0 Å². The van der Waals surface area contributed by atoms with Crippen molar-refractivity contribution in [3.8, 4) is 0 Å². The van der Waals surface area contributed by atoms with Crippen LogP contribution in [0, 0.1) is 0 Å². The van der Waals surface area contributed by atoms with Crippen LogP contribution in [0.25, 0.3) is 10.2 Å². The molecule has 26 heavy (non-hydrogen) atoms. The first-order valence-electron chi connectivity index (χ1n) is 8.95. The van der Waals surface area contributed by atoms with E-state index in [1.54, 1.807) is 0 Å². The number of para-hydroxylation sites is 1. The lowest BCUT2D eigenvalue weighted by Gasteiger charge is -2.14. The number of amides is 1. The fourth-order valence-corrected chi connectivity index (χ4v) is 3.96. The van der Waals surface area contributed by atoms with Gasteiger partial charge in [0.15, 0.2) is 0 Å². The summed E-state index contributed by atoms with van der Waals surface area (Å²) < 4.78 is 1.38. The molecule has 2 aromatic heterocycles. The number of fused-ring (bicyclic) bond motifs is 1. The largest absolute Gasteiger partial charge is 0.324 e. The van der Waals surface area contributed by atoms with Crippen LogP contribution in [0.15, 0.2) is 35.4 Å². The lowest BCUT2D eigenvalue weighted by atomic mass is 10.0. The highest BCUT2D eigenvalue weighted by Gasteiger charge is 2.13. The molecule has 0 saturated heterocycles. The average Bonchev–Trinajstić information content (AvgIpc) is 3.08. The summed E-state index contributed by atoms with van der Waals surface area (Å²) in [4.78, 5) is 31.4. The Labute approximate surface area is 156 Å². The quantitative estimate of drug-likeness (QED) is 0.719. The Balaban J connectivity index is 1.86. The Morgan fingerprint density at radius 3 is 2.46 bits per heavy atom. The highest BCUT2D eigenvalue weighted by atomic mass is 32.1. The number of aryl methyl sites for hydroxylation is 3. The minimum Gasteiger partial charge on any atom is -0.324 e. The third-order valence-corrected chi connectivity index (χ3v) is 5.68. The maximum Gasteiger partial charge on any atom is 0.262 e. The second kappa shape index (κ2) is 7.83. The molecule has 6 heteroatoms. The second-order valence-corrected chi connectivity index (χ2v) is 7.28. The molecule has 136 valence electrons. The molecule has 0 spiro atoms. The monoisotopic (exact) mass is 369 g/mol. The van der Waals surface area contributed by atoms with E-state index in [0.717, 1.165) is 45.8 Å². The number of rotatable bonds is 6. The van der Waals surface area contributed by atoms with E-state index in [2.05, 4.69) is 24.1 Å². The highest BCUT2D eigenvalue weighted by molar-refractivity contribution is 7.18. The van der Waals surface area contributed by atoms with Gasteiger partial charge in [-0.3, -0.25) is 14.2 Å². The number of benzene rings is 1. The zero-order valence-electron chi connectivity index (χ0n) is 15.3. The molecule has 1 N–H and O–H groups in total. The Bertz CT molecular complexity index is 982. The molecule has 3 aromatic rings. The average molecular weight is 369 g/mol. The van der Waals surface area contributed by atoms with Gasteiger partial charge >= 0.3 is 0 Å². The lowest BCUT2D eigenvalue weighted by molar-refractivity contribution is -0.116. The zero-order valence-corrected chi connectivity index (χ0v) is 16.2. The van der Waals surface area contributed by atoms with E-state index in [1.807, 2.05) is 31.2 Å². The summed E-state index contributed by atoms with van der Waals surface area (Å²) in [6.07, 6.45) is 4.01. The van der Waals surface area contributed by atoms with Gasteiger partial charge in [0.05, 0.1) is 11.7 Å². The van der Waals surface area contributed by atoms with Crippen molar-refractivity contribution >= 4 is 33.1 Å². The number of nitrogens with zero attached hydrogens (tertiary/aromatic N) is 2. The van der Waals surface area contributed by atoms with Crippen LogP contribution in [-0.4, -0.2) is 15.5 Å². The third-order valence-electron chi connectivity index (χ3n) is 4.49. The summed E-state index contributed by atoms with van der Waals surface area (Å²) in [7, 11) is 0. The van der Waals surface area contributed by atoms with Gasteiger partial charge in [0.25, 0.3) is 5.56 Å². The molecule has 0 atom stereocenters. The van der Waals surface area contributed by atoms with E-state index < -0.39 is 0 Å². The molecular weight excluding hydrogens is 346 g/mol. The van der Waals surface area contributed by atoms with Crippen LogP contribution < -0.4 is 10.9 Å². The molecule has 1 aromatic carbocycles. The van der Waals surface area contributed by atoms with Crippen LogP contribution in [0.1, 0.15) is 36.8 Å². The van der Waals surface area contributed by atoms with Gasteiger partial charge in [0.1, 0.15) is 11.4 Å². The molecule has 0 saturated carbocycles. The van der Waals surface area contributed by atoms with Gasteiger partial charge in [0.2, 0.25) is 5.91 Å². The fraction of sp³-hybridized carbons (Fsp3) is 0.350. The van der Waals surface area contributed by atoms with Crippen molar-refractivity contribution in [2.45, 2.75) is 46.6 Å². The SMILES string of the molecule is CCc1cc2c(=O)n(CC(=O)Nc3c(CC)cccc3CC)cnc2s1. The van der Waals surface area contributed by atoms with E-state index >= 15 is 0 Å². The molecule has 0 bridgehead atoms. The first-order valence-corrected chi connectivity index (χ1v) is 9.77. The molecule has 0 fully saturated rings. The Hall–Kier alpha value is -2.47. The number of hydrogen-bond acceptors (Lipinski definition) is 4. The van der Waals surface area contributed by atoms with Crippen LogP contribution in [0.4, 0.5) is 5.69 Å². The van der Waals surface area contributed by atoms with Gasteiger partial charge in [0, 0.05) is 10.6 Å². The third kappa shape index (κ3) is 3.55. The Morgan fingerprint density at radius 2 is 1.85 bits per heavy atom. The fourth-order valence-electron chi connectivity index (χ4n) is 3.03. The van der Waals surface area contributed by atoms with Gasteiger partial charge in [-0.15, -0.1) is 11.3 Å². The summed E-state index contributed by atoms with van der Waals surface area (Å²) in [5.41, 5.74) is 2.90. The number of hydrogen-bond donors (Lipinski definition) is 1. The predicted octanol–water partition coefficient (Wildman–Crippen LogP) is 3.78. The standard InChI is InChI=1S/C20H23N3O2S/c1-4-13-8-7-9-14(5-2)18(13)22-17(24)11-23-12-21-19-16(20(23)25)10-15(6-3)26-19/h7-10,12H,4-6,11H2,1-3H3,(H,22,24). The van der Waals surface area contributed by atoms with E-state index in [0.29, 0.717) is 5.39 Å². The Kier molecular flexibility index (Phi) is 5.52. The molecule has 0 unspecified atom stereocenters. The molecule has 0 radical (unpaired) electrons.